The van der Waals surface area contributed by atoms with Crippen molar-refractivity contribution in [3.05, 3.63) is 66.7 Å². The van der Waals surface area contributed by atoms with E-state index in [1.807, 2.05) is 50.2 Å². The van der Waals surface area contributed by atoms with Gasteiger partial charge in [-0.2, -0.15) is 5.10 Å². The largest absolute Gasteiger partial charge is 0.494 e. The Balaban J connectivity index is 1.56. The fourth-order valence-electron chi connectivity index (χ4n) is 2.73. The normalized spacial score (nSPS) is 11.7. The number of rotatable bonds is 8. The average molecular weight is 380 g/mol. The van der Waals surface area contributed by atoms with Crippen LogP contribution in [-0.4, -0.2) is 45.8 Å². The number of aromatic nitrogens is 3. The Hall–Kier alpha value is -3.35. The van der Waals surface area contributed by atoms with Gasteiger partial charge < -0.3 is 14.4 Å². The van der Waals surface area contributed by atoms with Gasteiger partial charge >= 0.3 is 0 Å². The van der Waals surface area contributed by atoms with Gasteiger partial charge in [0.05, 0.1) is 18.3 Å². The van der Waals surface area contributed by atoms with Crippen molar-refractivity contribution in [2.24, 2.45) is 0 Å². The van der Waals surface area contributed by atoms with E-state index in [1.165, 1.54) is 6.33 Å². The van der Waals surface area contributed by atoms with Crippen molar-refractivity contribution in [1.29, 1.82) is 0 Å². The van der Waals surface area contributed by atoms with E-state index in [1.54, 1.807) is 35.1 Å². The van der Waals surface area contributed by atoms with E-state index in [4.69, 9.17) is 9.47 Å². The van der Waals surface area contributed by atoms with Crippen molar-refractivity contribution in [3.8, 4) is 17.2 Å². The molecule has 0 aliphatic rings. The minimum Gasteiger partial charge on any atom is -0.494 e. The van der Waals surface area contributed by atoms with Crippen LogP contribution in [0, 0.1) is 0 Å². The Bertz CT molecular complexity index is 877. The van der Waals surface area contributed by atoms with Crippen LogP contribution in [0.5, 0.6) is 11.5 Å². The van der Waals surface area contributed by atoms with E-state index in [-0.39, 0.29) is 18.6 Å². The molecule has 0 aliphatic carbocycles. The van der Waals surface area contributed by atoms with E-state index in [9.17, 15) is 4.79 Å². The highest BCUT2D eigenvalue weighted by molar-refractivity contribution is 5.78. The molecular weight excluding hydrogens is 356 g/mol. The molecule has 0 unspecified atom stereocenters. The molecule has 0 saturated carbocycles. The van der Waals surface area contributed by atoms with E-state index >= 15 is 0 Å². The molecule has 3 rings (SSSR count). The van der Waals surface area contributed by atoms with Crippen LogP contribution in [0.4, 0.5) is 0 Å². The highest BCUT2D eigenvalue weighted by Crippen LogP contribution is 2.21. The lowest BCUT2D eigenvalue weighted by atomic mass is 10.1. The summed E-state index contributed by atoms with van der Waals surface area (Å²) < 4.78 is 12.7. The predicted molar refractivity (Wildman–Crippen MR) is 106 cm³/mol. The maximum absolute atomic E-state index is 12.5. The number of nitrogens with zero attached hydrogens (tertiary/aromatic N) is 4. The van der Waals surface area contributed by atoms with Crippen LogP contribution in [-0.2, 0) is 4.79 Å². The molecule has 0 saturated heterocycles. The van der Waals surface area contributed by atoms with Crippen molar-refractivity contribution in [3.63, 3.8) is 0 Å². The summed E-state index contributed by atoms with van der Waals surface area (Å²) in [4.78, 5) is 18.1. The Morgan fingerprint density at radius 1 is 1.07 bits per heavy atom. The second kappa shape index (κ2) is 9.03. The van der Waals surface area contributed by atoms with Gasteiger partial charge in [0.1, 0.15) is 24.2 Å². The van der Waals surface area contributed by atoms with Gasteiger partial charge in [0.2, 0.25) is 0 Å². The van der Waals surface area contributed by atoms with Crippen molar-refractivity contribution in [2.45, 2.75) is 19.9 Å². The predicted octanol–water partition coefficient (Wildman–Crippen LogP) is 3.26. The quantitative estimate of drug-likeness (QED) is 0.600. The lowest BCUT2D eigenvalue weighted by Crippen LogP contribution is -2.33. The molecule has 0 spiro atoms. The van der Waals surface area contributed by atoms with Gasteiger partial charge in [-0.05, 0) is 55.8 Å². The first-order valence-corrected chi connectivity index (χ1v) is 9.14. The van der Waals surface area contributed by atoms with Crippen LogP contribution < -0.4 is 9.47 Å². The number of hydrogen-bond acceptors (Lipinski definition) is 5. The lowest BCUT2D eigenvalue weighted by Gasteiger charge is -2.25. The number of benzene rings is 2. The van der Waals surface area contributed by atoms with Gasteiger partial charge in [-0.3, -0.25) is 4.79 Å². The zero-order chi connectivity index (χ0) is 19.9. The standard InChI is InChI=1S/C21H24N4O3/c1-4-27-19-9-11-20(12-10-19)28-13-21(26)24(3)16(2)17-5-7-18(8-6-17)25-15-22-14-23-25/h5-12,14-16H,4,13H2,1-3H3/t16-/m1/s1. The molecule has 0 aliphatic heterocycles. The molecule has 1 amide bonds. The van der Waals surface area contributed by atoms with Gasteiger partial charge in [-0.1, -0.05) is 12.1 Å². The summed E-state index contributed by atoms with van der Waals surface area (Å²) in [5, 5.41) is 4.11. The SMILES string of the molecule is CCOc1ccc(OCC(=O)N(C)[C@H](C)c2ccc(-n3cncn3)cc2)cc1. The number of amides is 1. The number of carbonyl (C=O) groups is 1. The molecular formula is C21H24N4O3. The summed E-state index contributed by atoms with van der Waals surface area (Å²) in [5.41, 5.74) is 1.95. The van der Waals surface area contributed by atoms with Gasteiger partial charge in [0.15, 0.2) is 6.61 Å². The lowest BCUT2D eigenvalue weighted by molar-refractivity contribution is -0.134. The maximum atomic E-state index is 12.5. The highest BCUT2D eigenvalue weighted by Gasteiger charge is 2.18. The van der Waals surface area contributed by atoms with Crippen molar-refractivity contribution in [2.75, 3.05) is 20.3 Å². The summed E-state index contributed by atoms with van der Waals surface area (Å²) in [6.07, 6.45) is 3.14. The molecule has 7 heteroatoms. The van der Waals surface area contributed by atoms with Crippen LogP contribution in [0.25, 0.3) is 5.69 Å². The molecule has 0 N–H and O–H groups in total. The molecule has 1 aromatic heterocycles. The summed E-state index contributed by atoms with van der Waals surface area (Å²) >= 11 is 0. The molecule has 146 valence electrons. The number of hydrogen-bond donors (Lipinski definition) is 0. The van der Waals surface area contributed by atoms with Crippen LogP contribution in [0.3, 0.4) is 0 Å². The summed E-state index contributed by atoms with van der Waals surface area (Å²) in [6, 6.07) is 15.0. The molecule has 2 aromatic carbocycles. The first-order valence-electron chi connectivity index (χ1n) is 9.14. The Morgan fingerprint density at radius 2 is 1.71 bits per heavy atom. The fraction of sp³-hybridized carbons (Fsp3) is 0.286. The van der Waals surface area contributed by atoms with E-state index in [0.717, 1.165) is 17.0 Å². The van der Waals surface area contributed by atoms with E-state index < -0.39 is 0 Å². The third-order valence-corrected chi connectivity index (χ3v) is 4.53. The smallest absolute Gasteiger partial charge is 0.260 e. The second-order valence-electron chi connectivity index (χ2n) is 6.31. The van der Waals surface area contributed by atoms with Gasteiger partial charge in [0.25, 0.3) is 5.91 Å². The number of ether oxygens (including phenoxy) is 2. The first kappa shape index (κ1) is 19.4. The Kier molecular flexibility index (Phi) is 6.26. The fourth-order valence-corrected chi connectivity index (χ4v) is 2.73. The monoisotopic (exact) mass is 380 g/mol. The topological polar surface area (TPSA) is 69.5 Å². The molecule has 0 radical (unpaired) electrons. The van der Waals surface area contributed by atoms with Crippen molar-refractivity contribution < 1.29 is 14.3 Å². The van der Waals surface area contributed by atoms with Crippen LogP contribution in [0.2, 0.25) is 0 Å². The first-order chi connectivity index (χ1) is 13.6. The Labute approximate surface area is 164 Å². The number of likely N-dealkylation sites (N-methyl/N-ethyl adjacent to an activating group) is 1. The third-order valence-electron chi connectivity index (χ3n) is 4.53. The summed E-state index contributed by atoms with van der Waals surface area (Å²) in [7, 11) is 1.78. The molecule has 3 aromatic rings. The van der Waals surface area contributed by atoms with Crippen LogP contribution in [0.1, 0.15) is 25.5 Å². The van der Waals surface area contributed by atoms with E-state index in [0.29, 0.717) is 12.4 Å². The summed E-state index contributed by atoms with van der Waals surface area (Å²) in [6.45, 7) is 4.51. The average Bonchev–Trinajstić information content (AvgIpc) is 3.27. The highest BCUT2D eigenvalue weighted by atomic mass is 16.5. The van der Waals surface area contributed by atoms with E-state index in [2.05, 4.69) is 10.1 Å². The van der Waals surface area contributed by atoms with Crippen LogP contribution in [0.15, 0.2) is 61.2 Å². The minimum atomic E-state index is -0.0956. The maximum Gasteiger partial charge on any atom is 0.260 e. The second-order valence-corrected chi connectivity index (χ2v) is 6.31. The van der Waals surface area contributed by atoms with Gasteiger partial charge in [-0.25, -0.2) is 9.67 Å². The Morgan fingerprint density at radius 3 is 2.29 bits per heavy atom. The molecule has 0 bridgehead atoms. The van der Waals surface area contributed by atoms with Crippen molar-refractivity contribution >= 4 is 5.91 Å². The molecule has 1 heterocycles. The van der Waals surface area contributed by atoms with Crippen LogP contribution >= 0.6 is 0 Å². The molecule has 28 heavy (non-hydrogen) atoms. The summed E-state index contributed by atoms with van der Waals surface area (Å²) in [5.74, 6) is 1.32. The number of carbonyl (C=O) groups excluding carboxylic acids is 1. The third kappa shape index (κ3) is 4.68. The molecule has 7 nitrogen and oxygen atoms in total. The zero-order valence-electron chi connectivity index (χ0n) is 16.3. The molecule has 0 fully saturated rings. The zero-order valence-corrected chi connectivity index (χ0v) is 16.3. The van der Waals surface area contributed by atoms with Gasteiger partial charge in [-0.15, -0.1) is 0 Å². The van der Waals surface area contributed by atoms with Crippen molar-refractivity contribution in [1.82, 2.24) is 19.7 Å². The molecule has 1 atom stereocenters. The van der Waals surface area contributed by atoms with Gasteiger partial charge in [0, 0.05) is 7.05 Å². The minimum absolute atomic E-state index is 0.0220.